The van der Waals surface area contributed by atoms with Crippen molar-refractivity contribution in [3.8, 4) is 5.75 Å². The first-order valence-corrected chi connectivity index (χ1v) is 12.6. The molecule has 1 heterocycles. The van der Waals surface area contributed by atoms with E-state index < -0.39 is 10.0 Å². The first kappa shape index (κ1) is 23.1. The fourth-order valence-corrected chi connectivity index (χ4v) is 5.80. The van der Waals surface area contributed by atoms with E-state index in [-0.39, 0.29) is 15.8 Å². The zero-order chi connectivity index (χ0) is 23.6. The summed E-state index contributed by atoms with van der Waals surface area (Å²) in [6.45, 7) is 0.435. The molecular formula is C24H21ClN2O4S2. The van der Waals surface area contributed by atoms with Gasteiger partial charge >= 0.3 is 0 Å². The van der Waals surface area contributed by atoms with Gasteiger partial charge in [0.25, 0.3) is 15.9 Å². The van der Waals surface area contributed by atoms with Crippen molar-refractivity contribution in [3.63, 3.8) is 0 Å². The number of halogens is 1. The summed E-state index contributed by atoms with van der Waals surface area (Å²) < 4.78 is 33.4. The van der Waals surface area contributed by atoms with Gasteiger partial charge in [-0.3, -0.25) is 9.10 Å². The molecule has 9 heteroatoms. The molecule has 0 aliphatic heterocycles. The van der Waals surface area contributed by atoms with Crippen molar-refractivity contribution >= 4 is 54.6 Å². The Labute approximate surface area is 201 Å². The van der Waals surface area contributed by atoms with Gasteiger partial charge in [0, 0.05) is 18.3 Å². The van der Waals surface area contributed by atoms with Crippen LogP contribution in [0.2, 0.25) is 5.02 Å². The minimum absolute atomic E-state index is 0.0576. The van der Waals surface area contributed by atoms with Gasteiger partial charge in [0.1, 0.15) is 5.75 Å². The molecule has 0 aliphatic carbocycles. The summed E-state index contributed by atoms with van der Waals surface area (Å²) in [6.07, 6.45) is 0. The van der Waals surface area contributed by atoms with Gasteiger partial charge in [-0.25, -0.2) is 8.42 Å². The van der Waals surface area contributed by atoms with Gasteiger partial charge in [-0.2, -0.15) is 0 Å². The molecule has 170 valence electrons. The summed E-state index contributed by atoms with van der Waals surface area (Å²) in [4.78, 5) is 13.2. The van der Waals surface area contributed by atoms with E-state index in [1.165, 1.54) is 48.0 Å². The van der Waals surface area contributed by atoms with E-state index in [1.54, 1.807) is 18.2 Å². The summed E-state index contributed by atoms with van der Waals surface area (Å²) in [5, 5.41) is 3.92. The molecule has 0 saturated heterocycles. The van der Waals surface area contributed by atoms with E-state index in [9.17, 15) is 13.2 Å². The average Bonchev–Trinajstić information content (AvgIpc) is 3.26. The van der Waals surface area contributed by atoms with E-state index in [0.717, 1.165) is 15.6 Å². The number of carbonyl (C=O) groups is 1. The maximum Gasteiger partial charge on any atom is 0.264 e. The number of rotatable bonds is 7. The third-order valence-corrected chi connectivity index (χ3v) is 8.36. The van der Waals surface area contributed by atoms with Crippen LogP contribution in [-0.4, -0.2) is 28.5 Å². The molecule has 3 aromatic carbocycles. The molecule has 0 radical (unpaired) electrons. The van der Waals surface area contributed by atoms with E-state index in [0.29, 0.717) is 22.9 Å². The standard InChI is InChI=1S/C24H21ClN2O4S2/c1-27(33(29,30)19-9-10-21(31-2)20(25)14-19)18-8-11-22-17(12-18)13-23(32-22)24(28)26-15-16-6-4-3-5-7-16/h3-14H,15H2,1-2H3,(H,26,28). The molecule has 6 nitrogen and oxygen atoms in total. The second kappa shape index (κ2) is 9.43. The highest BCUT2D eigenvalue weighted by Crippen LogP contribution is 2.33. The number of sulfonamides is 1. The fourth-order valence-electron chi connectivity index (χ4n) is 3.31. The highest BCUT2D eigenvalue weighted by Gasteiger charge is 2.23. The Bertz CT molecular complexity index is 1420. The summed E-state index contributed by atoms with van der Waals surface area (Å²) in [5.41, 5.74) is 1.49. The molecule has 1 N–H and O–H groups in total. The third-order valence-electron chi connectivity index (χ3n) is 5.16. The molecule has 1 amide bonds. The van der Waals surface area contributed by atoms with E-state index >= 15 is 0 Å². The topological polar surface area (TPSA) is 75.7 Å². The molecule has 0 unspecified atom stereocenters. The quantitative estimate of drug-likeness (QED) is 0.372. The van der Waals surface area contributed by atoms with Crippen LogP contribution in [0.25, 0.3) is 10.1 Å². The number of benzene rings is 3. The molecule has 4 rings (SSSR count). The van der Waals surface area contributed by atoms with Gasteiger partial charge in [0.15, 0.2) is 0 Å². The lowest BCUT2D eigenvalue weighted by Gasteiger charge is -2.20. The van der Waals surface area contributed by atoms with E-state index in [2.05, 4.69) is 5.32 Å². The molecule has 0 saturated carbocycles. The maximum absolute atomic E-state index is 13.1. The Morgan fingerprint density at radius 3 is 2.52 bits per heavy atom. The van der Waals surface area contributed by atoms with E-state index in [4.69, 9.17) is 16.3 Å². The van der Waals surface area contributed by atoms with Crippen LogP contribution >= 0.6 is 22.9 Å². The van der Waals surface area contributed by atoms with Crippen molar-refractivity contribution in [2.24, 2.45) is 0 Å². The predicted octanol–water partition coefficient (Wildman–Crippen LogP) is 5.32. The molecule has 0 aliphatic rings. The normalized spacial score (nSPS) is 11.4. The van der Waals surface area contributed by atoms with Crippen LogP contribution in [0.1, 0.15) is 15.2 Å². The Morgan fingerprint density at radius 2 is 1.82 bits per heavy atom. The largest absolute Gasteiger partial charge is 0.495 e. The van der Waals surface area contributed by atoms with Crippen LogP contribution in [-0.2, 0) is 16.6 Å². The van der Waals surface area contributed by atoms with Crippen LogP contribution in [0, 0.1) is 0 Å². The van der Waals surface area contributed by atoms with Crippen molar-refractivity contribution in [1.82, 2.24) is 5.32 Å². The Hall–Kier alpha value is -3.07. The first-order chi connectivity index (χ1) is 15.8. The Morgan fingerprint density at radius 1 is 1.06 bits per heavy atom. The Kier molecular flexibility index (Phi) is 6.60. The van der Waals surface area contributed by atoms with Crippen molar-refractivity contribution in [3.05, 3.63) is 88.3 Å². The fraction of sp³-hybridized carbons (Fsp3) is 0.125. The summed E-state index contributed by atoms with van der Waals surface area (Å²) in [7, 11) is -0.893. The van der Waals surface area contributed by atoms with Gasteiger partial charge < -0.3 is 10.1 Å². The maximum atomic E-state index is 13.1. The molecule has 33 heavy (non-hydrogen) atoms. The predicted molar refractivity (Wildman–Crippen MR) is 133 cm³/mol. The second-order valence-corrected chi connectivity index (χ2v) is 10.7. The molecule has 0 bridgehead atoms. The number of carbonyl (C=O) groups excluding carboxylic acids is 1. The first-order valence-electron chi connectivity index (χ1n) is 9.98. The van der Waals surface area contributed by atoms with Crippen molar-refractivity contribution in [2.45, 2.75) is 11.4 Å². The van der Waals surface area contributed by atoms with Crippen molar-refractivity contribution < 1.29 is 17.9 Å². The van der Waals surface area contributed by atoms with Gasteiger partial charge in [-0.15, -0.1) is 11.3 Å². The van der Waals surface area contributed by atoms with Gasteiger partial charge in [0.2, 0.25) is 0 Å². The summed E-state index contributed by atoms with van der Waals surface area (Å²) in [6, 6.07) is 21.1. The van der Waals surface area contributed by atoms with Crippen LogP contribution in [0.3, 0.4) is 0 Å². The van der Waals surface area contributed by atoms with E-state index in [1.807, 2.05) is 36.4 Å². The van der Waals surface area contributed by atoms with Crippen molar-refractivity contribution in [1.29, 1.82) is 0 Å². The van der Waals surface area contributed by atoms with Crippen molar-refractivity contribution in [2.75, 3.05) is 18.5 Å². The smallest absolute Gasteiger partial charge is 0.264 e. The Balaban J connectivity index is 1.56. The lowest BCUT2D eigenvalue weighted by atomic mass is 10.2. The monoisotopic (exact) mass is 500 g/mol. The molecule has 1 aromatic heterocycles. The molecule has 4 aromatic rings. The number of thiophene rings is 1. The molecule has 0 atom stereocenters. The number of hydrogen-bond acceptors (Lipinski definition) is 5. The number of fused-ring (bicyclic) bond motifs is 1. The summed E-state index contributed by atoms with van der Waals surface area (Å²) >= 11 is 7.48. The molecule has 0 fully saturated rings. The van der Waals surface area contributed by atoms with Gasteiger partial charge in [0.05, 0.1) is 27.6 Å². The number of anilines is 1. The highest BCUT2D eigenvalue weighted by molar-refractivity contribution is 7.92. The zero-order valence-electron chi connectivity index (χ0n) is 17.9. The lowest BCUT2D eigenvalue weighted by Crippen LogP contribution is -2.26. The number of methoxy groups -OCH3 is 1. The molecule has 0 spiro atoms. The van der Waals surface area contributed by atoms with Crippen LogP contribution in [0.4, 0.5) is 5.69 Å². The van der Waals surface area contributed by atoms with Crippen LogP contribution < -0.4 is 14.4 Å². The number of nitrogens with zero attached hydrogens (tertiary/aromatic N) is 1. The summed E-state index contributed by atoms with van der Waals surface area (Å²) in [5.74, 6) is 0.228. The number of nitrogens with one attached hydrogen (secondary N) is 1. The van der Waals surface area contributed by atoms with Crippen LogP contribution in [0.15, 0.2) is 77.7 Å². The second-order valence-electron chi connectivity index (χ2n) is 7.27. The minimum atomic E-state index is -3.84. The van der Waals surface area contributed by atoms with Gasteiger partial charge in [-0.1, -0.05) is 41.9 Å². The number of amides is 1. The number of hydrogen-bond donors (Lipinski definition) is 1. The zero-order valence-corrected chi connectivity index (χ0v) is 20.3. The van der Waals surface area contributed by atoms with Gasteiger partial charge in [-0.05, 0) is 53.4 Å². The molecular weight excluding hydrogens is 480 g/mol. The third kappa shape index (κ3) is 4.83. The SMILES string of the molecule is COc1ccc(S(=O)(=O)N(C)c2ccc3sc(C(=O)NCc4ccccc4)cc3c2)cc1Cl. The highest BCUT2D eigenvalue weighted by atomic mass is 35.5. The lowest BCUT2D eigenvalue weighted by molar-refractivity contribution is 0.0955. The number of ether oxygens (including phenoxy) is 1. The van der Waals surface area contributed by atoms with Crippen LogP contribution in [0.5, 0.6) is 5.75 Å². The average molecular weight is 501 g/mol. The minimum Gasteiger partial charge on any atom is -0.495 e.